The zero-order chi connectivity index (χ0) is 15.2. The minimum absolute atomic E-state index is 0.507. The van der Waals surface area contributed by atoms with Gasteiger partial charge in [-0.25, -0.2) is 0 Å². The standard InChI is InChI=1S/C17H25N3O/c1-4-16-13(2)19-20(14(16)3)10-7-11-21-17-9-6-5-8-15(17)12-18/h5-6,8-9H,4,7,10-12,18H2,1-3H3. The zero-order valence-electron chi connectivity index (χ0n) is 13.2. The molecule has 2 N–H and O–H groups in total. The summed E-state index contributed by atoms with van der Waals surface area (Å²) < 4.78 is 7.92. The number of para-hydroxylation sites is 1. The predicted molar refractivity (Wildman–Crippen MR) is 85.5 cm³/mol. The Hall–Kier alpha value is -1.81. The SMILES string of the molecule is CCc1c(C)nn(CCCOc2ccccc2CN)c1C. The number of aryl methyl sites for hydroxylation is 2. The van der Waals surface area contributed by atoms with E-state index in [1.807, 2.05) is 24.3 Å². The molecule has 4 nitrogen and oxygen atoms in total. The van der Waals surface area contributed by atoms with Gasteiger partial charge >= 0.3 is 0 Å². The Kier molecular flexibility index (Phi) is 5.39. The van der Waals surface area contributed by atoms with E-state index in [4.69, 9.17) is 10.5 Å². The molecule has 1 heterocycles. The van der Waals surface area contributed by atoms with Crippen molar-refractivity contribution >= 4 is 0 Å². The highest BCUT2D eigenvalue weighted by Gasteiger charge is 2.09. The summed E-state index contributed by atoms with van der Waals surface area (Å²) in [5, 5.41) is 4.60. The molecule has 1 aromatic heterocycles. The van der Waals surface area contributed by atoms with Crippen LogP contribution in [0.4, 0.5) is 0 Å². The van der Waals surface area contributed by atoms with E-state index >= 15 is 0 Å². The lowest BCUT2D eigenvalue weighted by Gasteiger charge is -2.10. The summed E-state index contributed by atoms with van der Waals surface area (Å²) in [6.07, 6.45) is 1.97. The maximum absolute atomic E-state index is 5.83. The Balaban J connectivity index is 1.88. The second kappa shape index (κ2) is 7.27. The highest BCUT2D eigenvalue weighted by molar-refractivity contribution is 5.32. The molecular weight excluding hydrogens is 262 g/mol. The number of aromatic nitrogens is 2. The number of benzene rings is 1. The van der Waals surface area contributed by atoms with Gasteiger partial charge < -0.3 is 10.5 Å². The zero-order valence-corrected chi connectivity index (χ0v) is 13.2. The first-order valence-electron chi connectivity index (χ1n) is 7.61. The average molecular weight is 287 g/mol. The third kappa shape index (κ3) is 3.64. The van der Waals surface area contributed by atoms with Gasteiger partial charge in [-0.1, -0.05) is 25.1 Å². The average Bonchev–Trinajstić information content (AvgIpc) is 2.77. The van der Waals surface area contributed by atoms with E-state index in [2.05, 4.69) is 30.6 Å². The molecule has 0 aliphatic rings. The number of nitrogens with zero attached hydrogens (tertiary/aromatic N) is 2. The molecule has 0 saturated heterocycles. The summed E-state index contributed by atoms with van der Waals surface area (Å²) >= 11 is 0. The Labute approximate surface area is 126 Å². The Bertz CT molecular complexity index is 590. The lowest BCUT2D eigenvalue weighted by Crippen LogP contribution is -2.09. The summed E-state index contributed by atoms with van der Waals surface area (Å²) in [4.78, 5) is 0. The highest BCUT2D eigenvalue weighted by atomic mass is 16.5. The minimum atomic E-state index is 0.507. The third-order valence-electron chi connectivity index (χ3n) is 3.85. The quantitative estimate of drug-likeness (QED) is 0.796. The van der Waals surface area contributed by atoms with Crippen molar-refractivity contribution in [2.75, 3.05) is 6.61 Å². The Morgan fingerprint density at radius 3 is 2.67 bits per heavy atom. The molecule has 0 aliphatic heterocycles. The van der Waals surface area contributed by atoms with E-state index in [-0.39, 0.29) is 0 Å². The molecule has 0 fully saturated rings. The predicted octanol–water partition coefficient (Wildman–Crippen LogP) is 2.99. The van der Waals surface area contributed by atoms with Gasteiger partial charge in [0.25, 0.3) is 0 Å². The molecule has 1 aromatic carbocycles. The molecule has 4 heteroatoms. The van der Waals surface area contributed by atoms with Gasteiger partial charge in [0.05, 0.1) is 12.3 Å². The first-order valence-corrected chi connectivity index (χ1v) is 7.61. The number of hydrogen-bond acceptors (Lipinski definition) is 3. The van der Waals surface area contributed by atoms with Crippen molar-refractivity contribution in [2.45, 2.75) is 46.7 Å². The van der Waals surface area contributed by atoms with Gasteiger partial charge in [-0.05, 0) is 31.9 Å². The first kappa shape index (κ1) is 15.6. The van der Waals surface area contributed by atoms with Crippen molar-refractivity contribution in [3.63, 3.8) is 0 Å². The normalized spacial score (nSPS) is 10.9. The fraction of sp³-hybridized carbons (Fsp3) is 0.471. The van der Waals surface area contributed by atoms with Crippen LogP contribution in [0.5, 0.6) is 5.75 Å². The van der Waals surface area contributed by atoms with E-state index < -0.39 is 0 Å². The van der Waals surface area contributed by atoms with Crippen LogP contribution in [0.25, 0.3) is 0 Å². The van der Waals surface area contributed by atoms with Crippen LogP contribution in [0.15, 0.2) is 24.3 Å². The van der Waals surface area contributed by atoms with E-state index in [1.54, 1.807) is 0 Å². The minimum Gasteiger partial charge on any atom is -0.493 e. The molecular formula is C17H25N3O. The van der Waals surface area contributed by atoms with Gasteiger partial charge in [0.2, 0.25) is 0 Å². The number of ether oxygens (including phenoxy) is 1. The van der Waals surface area contributed by atoms with Gasteiger partial charge in [0, 0.05) is 30.8 Å². The molecule has 0 unspecified atom stereocenters. The van der Waals surface area contributed by atoms with E-state index in [0.717, 1.165) is 36.4 Å². The van der Waals surface area contributed by atoms with Crippen LogP contribution in [0, 0.1) is 13.8 Å². The Morgan fingerprint density at radius 1 is 1.24 bits per heavy atom. The second-order valence-corrected chi connectivity index (χ2v) is 5.24. The maximum Gasteiger partial charge on any atom is 0.123 e. The molecule has 0 saturated carbocycles. The molecule has 0 radical (unpaired) electrons. The van der Waals surface area contributed by atoms with Crippen LogP contribution in [-0.4, -0.2) is 16.4 Å². The summed E-state index contributed by atoms with van der Waals surface area (Å²) in [5.74, 6) is 0.891. The maximum atomic E-state index is 5.83. The van der Waals surface area contributed by atoms with Crippen molar-refractivity contribution < 1.29 is 4.74 Å². The fourth-order valence-electron chi connectivity index (χ4n) is 2.67. The van der Waals surface area contributed by atoms with Crippen LogP contribution in [0.2, 0.25) is 0 Å². The molecule has 2 aromatic rings. The molecule has 0 spiro atoms. The summed E-state index contributed by atoms with van der Waals surface area (Å²) in [6, 6.07) is 7.94. The van der Waals surface area contributed by atoms with Gasteiger partial charge in [-0.3, -0.25) is 4.68 Å². The monoisotopic (exact) mass is 287 g/mol. The highest BCUT2D eigenvalue weighted by Crippen LogP contribution is 2.18. The molecule has 0 atom stereocenters. The van der Waals surface area contributed by atoms with Crippen LogP contribution < -0.4 is 10.5 Å². The van der Waals surface area contributed by atoms with Crippen molar-refractivity contribution in [1.29, 1.82) is 0 Å². The molecule has 114 valence electrons. The molecule has 0 aliphatic carbocycles. The van der Waals surface area contributed by atoms with E-state index in [1.165, 1.54) is 11.3 Å². The lowest BCUT2D eigenvalue weighted by molar-refractivity contribution is 0.295. The van der Waals surface area contributed by atoms with Crippen molar-refractivity contribution in [1.82, 2.24) is 9.78 Å². The Morgan fingerprint density at radius 2 is 2.00 bits per heavy atom. The largest absolute Gasteiger partial charge is 0.493 e. The van der Waals surface area contributed by atoms with Gasteiger partial charge in [0.1, 0.15) is 5.75 Å². The third-order valence-corrected chi connectivity index (χ3v) is 3.85. The van der Waals surface area contributed by atoms with Crippen LogP contribution in [0.1, 0.15) is 35.9 Å². The van der Waals surface area contributed by atoms with E-state index in [9.17, 15) is 0 Å². The first-order chi connectivity index (χ1) is 10.2. The summed E-state index contributed by atoms with van der Waals surface area (Å²) in [7, 11) is 0. The molecule has 2 rings (SSSR count). The smallest absolute Gasteiger partial charge is 0.123 e. The summed E-state index contributed by atoms with van der Waals surface area (Å²) in [6.45, 7) is 8.47. The molecule has 21 heavy (non-hydrogen) atoms. The van der Waals surface area contributed by atoms with E-state index in [0.29, 0.717) is 13.2 Å². The van der Waals surface area contributed by atoms with Gasteiger partial charge in [-0.2, -0.15) is 5.10 Å². The van der Waals surface area contributed by atoms with Crippen LogP contribution in [0.3, 0.4) is 0 Å². The van der Waals surface area contributed by atoms with Crippen LogP contribution >= 0.6 is 0 Å². The van der Waals surface area contributed by atoms with Crippen LogP contribution in [-0.2, 0) is 19.5 Å². The van der Waals surface area contributed by atoms with Crippen molar-refractivity contribution in [3.8, 4) is 5.75 Å². The summed E-state index contributed by atoms with van der Waals surface area (Å²) in [5.41, 5.74) is 10.5. The number of rotatable bonds is 7. The number of hydrogen-bond donors (Lipinski definition) is 1. The molecule has 0 bridgehead atoms. The fourth-order valence-corrected chi connectivity index (χ4v) is 2.67. The van der Waals surface area contributed by atoms with Gasteiger partial charge in [0.15, 0.2) is 0 Å². The lowest BCUT2D eigenvalue weighted by atomic mass is 10.1. The topological polar surface area (TPSA) is 53.1 Å². The molecule has 0 amide bonds. The van der Waals surface area contributed by atoms with Gasteiger partial charge in [-0.15, -0.1) is 0 Å². The second-order valence-electron chi connectivity index (χ2n) is 5.24. The number of nitrogens with two attached hydrogens (primary N) is 1. The van der Waals surface area contributed by atoms with Crippen molar-refractivity contribution in [2.24, 2.45) is 5.73 Å². The van der Waals surface area contributed by atoms with Crippen molar-refractivity contribution in [3.05, 3.63) is 46.8 Å².